The summed E-state index contributed by atoms with van der Waals surface area (Å²) in [6.07, 6.45) is -0.758. The normalized spacial score (nSPS) is 14.4. The van der Waals surface area contributed by atoms with Crippen molar-refractivity contribution in [2.45, 2.75) is 43.5 Å². The lowest BCUT2D eigenvalue weighted by molar-refractivity contribution is -0.154. The Morgan fingerprint density at radius 3 is 2.47 bits per heavy atom. The van der Waals surface area contributed by atoms with E-state index in [-0.39, 0.29) is 22.2 Å². The molecule has 36 heavy (non-hydrogen) atoms. The van der Waals surface area contributed by atoms with Crippen LogP contribution in [0.2, 0.25) is 0 Å². The Bertz CT molecular complexity index is 1350. The number of ether oxygens (including phenoxy) is 1. The van der Waals surface area contributed by atoms with E-state index in [4.69, 9.17) is 0 Å². The summed E-state index contributed by atoms with van der Waals surface area (Å²) >= 11 is 1.11. The molecule has 1 amide bonds. The van der Waals surface area contributed by atoms with E-state index in [2.05, 4.69) is 29.7 Å². The highest BCUT2D eigenvalue weighted by Crippen LogP contribution is 2.33. The van der Waals surface area contributed by atoms with Crippen LogP contribution in [-0.4, -0.2) is 47.3 Å². The predicted octanol–water partition coefficient (Wildman–Crippen LogP) is 4.36. The summed E-state index contributed by atoms with van der Waals surface area (Å²) in [5.41, 5.74) is 0.690. The SMILES string of the molecule is CC(C)(C(=O)Nc1ccc(-c2cncc(OCC(F)(F)F)n2)cc1)c1csc(NS(=O)(=O)C2CC2)n1. The minimum absolute atomic E-state index is 0.213. The number of sulfonamides is 1. The topological polar surface area (TPSA) is 123 Å². The Balaban J connectivity index is 1.41. The van der Waals surface area contributed by atoms with Gasteiger partial charge < -0.3 is 10.1 Å². The van der Waals surface area contributed by atoms with Gasteiger partial charge in [0.1, 0.15) is 0 Å². The number of hydrogen-bond donors (Lipinski definition) is 2. The molecule has 0 radical (unpaired) electrons. The number of aromatic nitrogens is 3. The van der Waals surface area contributed by atoms with Crippen LogP contribution < -0.4 is 14.8 Å². The molecule has 3 aromatic rings. The fourth-order valence-electron chi connectivity index (χ4n) is 3.03. The van der Waals surface area contributed by atoms with Crippen LogP contribution in [0.1, 0.15) is 32.4 Å². The first-order valence-electron chi connectivity index (χ1n) is 10.7. The van der Waals surface area contributed by atoms with Crippen molar-refractivity contribution in [3.8, 4) is 17.1 Å². The van der Waals surface area contributed by atoms with Gasteiger partial charge in [-0.3, -0.25) is 14.5 Å². The first kappa shape index (κ1) is 25.8. The summed E-state index contributed by atoms with van der Waals surface area (Å²) in [6.45, 7) is 1.87. The van der Waals surface area contributed by atoms with Crippen LogP contribution >= 0.6 is 11.3 Å². The standard InChI is InChI=1S/C22H22F3N5O4S2/c1-21(2,17-11-35-20(29-17)30-36(32,33)15-7-8-15)19(31)27-14-5-3-13(4-6-14)16-9-26-10-18(28-16)34-12-22(23,24)25/h3-6,9-11,15H,7-8,12H2,1-2H3,(H,27,31)(H,29,30). The van der Waals surface area contributed by atoms with Crippen LogP contribution in [0.4, 0.5) is 24.0 Å². The Labute approximate surface area is 209 Å². The van der Waals surface area contributed by atoms with E-state index in [9.17, 15) is 26.4 Å². The number of nitrogens with zero attached hydrogens (tertiary/aromatic N) is 3. The molecule has 1 fully saturated rings. The molecule has 1 aliphatic rings. The van der Waals surface area contributed by atoms with Gasteiger partial charge in [-0.1, -0.05) is 12.1 Å². The van der Waals surface area contributed by atoms with Gasteiger partial charge in [0.2, 0.25) is 21.8 Å². The van der Waals surface area contributed by atoms with Crippen molar-refractivity contribution < 1.29 is 31.1 Å². The quantitative estimate of drug-likeness (QED) is 0.413. The number of carbonyl (C=O) groups is 1. The maximum atomic E-state index is 13.0. The van der Waals surface area contributed by atoms with Crippen LogP contribution in [0.25, 0.3) is 11.3 Å². The van der Waals surface area contributed by atoms with Crippen molar-refractivity contribution in [1.82, 2.24) is 15.0 Å². The van der Waals surface area contributed by atoms with Gasteiger partial charge in [0.05, 0.1) is 34.4 Å². The average Bonchev–Trinajstić information content (AvgIpc) is 3.58. The second-order valence-electron chi connectivity index (χ2n) is 8.69. The molecule has 1 aromatic carbocycles. The first-order chi connectivity index (χ1) is 16.8. The highest BCUT2D eigenvalue weighted by atomic mass is 32.2. The maximum Gasteiger partial charge on any atom is 0.422 e. The molecule has 2 heterocycles. The lowest BCUT2D eigenvalue weighted by Gasteiger charge is -2.21. The smallest absolute Gasteiger partial charge is 0.422 e. The lowest BCUT2D eigenvalue weighted by Crippen LogP contribution is -2.35. The van der Waals surface area contributed by atoms with Gasteiger partial charge in [-0.25, -0.2) is 18.4 Å². The summed E-state index contributed by atoms with van der Waals surface area (Å²) in [5.74, 6) is -0.620. The molecule has 0 unspecified atom stereocenters. The number of nitrogens with one attached hydrogen (secondary N) is 2. The van der Waals surface area contributed by atoms with Gasteiger partial charge in [-0.05, 0) is 38.8 Å². The van der Waals surface area contributed by atoms with Gasteiger partial charge in [0.15, 0.2) is 11.7 Å². The average molecular weight is 542 g/mol. The number of alkyl halides is 3. The Kier molecular flexibility index (Phi) is 6.92. The number of thiazole rings is 1. The van der Waals surface area contributed by atoms with E-state index < -0.39 is 28.2 Å². The number of amides is 1. The zero-order chi connectivity index (χ0) is 26.1. The highest BCUT2D eigenvalue weighted by molar-refractivity contribution is 7.93. The molecule has 14 heteroatoms. The molecule has 1 aliphatic carbocycles. The van der Waals surface area contributed by atoms with Crippen molar-refractivity contribution >= 4 is 38.1 Å². The van der Waals surface area contributed by atoms with Crippen molar-refractivity contribution in [2.75, 3.05) is 16.6 Å². The molecular formula is C22H22F3N5O4S2. The second kappa shape index (κ2) is 9.65. The molecule has 0 atom stereocenters. The third-order valence-corrected chi connectivity index (χ3v) is 8.05. The first-order valence-corrected chi connectivity index (χ1v) is 13.2. The Hall–Kier alpha value is -3.26. The fraction of sp³-hybridized carbons (Fsp3) is 0.364. The van der Waals surface area contributed by atoms with Crippen LogP contribution in [0.15, 0.2) is 42.0 Å². The minimum Gasteiger partial charge on any atom is -0.467 e. The molecule has 2 N–H and O–H groups in total. The van der Waals surface area contributed by atoms with Gasteiger partial charge in [-0.15, -0.1) is 11.3 Å². The zero-order valence-electron chi connectivity index (χ0n) is 19.2. The molecular weight excluding hydrogens is 519 g/mol. The molecule has 2 aromatic heterocycles. The van der Waals surface area contributed by atoms with Crippen LogP contribution in [0, 0.1) is 0 Å². The van der Waals surface area contributed by atoms with Crippen LogP contribution in [-0.2, 0) is 20.2 Å². The number of rotatable bonds is 9. The summed E-state index contributed by atoms with van der Waals surface area (Å²) in [6, 6.07) is 6.50. The molecule has 0 spiro atoms. The van der Waals surface area contributed by atoms with Crippen molar-refractivity contribution in [1.29, 1.82) is 0 Å². The van der Waals surface area contributed by atoms with E-state index in [1.54, 1.807) is 43.5 Å². The molecule has 4 rings (SSSR count). The highest BCUT2D eigenvalue weighted by Gasteiger charge is 2.37. The fourth-order valence-corrected chi connectivity index (χ4v) is 5.51. The van der Waals surface area contributed by atoms with Crippen LogP contribution in [0.5, 0.6) is 5.88 Å². The summed E-state index contributed by atoms with van der Waals surface area (Å²) in [4.78, 5) is 25.2. The Morgan fingerprint density at radius 1 is 1.14 bits per heavy atom. The van der Waals surface area contributed by atoms with Crippen molar-refractivity contribution in [2.24, 2.45) is 0 Å². The third-order valence-electron chi connectivity index (χ3n) is 5.34. The number of carbonyl (C=O) groups excluding carboxylic acids is 1. The predicted molar refractivity (Wildman–Crippen MR) is 128 cm³/mol. The molecule has 192 valence electrons. The van der Waals surface area contributed by atoms with Crippen molar-refractivity contribution in [3.63, 3.8) is 0 Å². The van der Waals surface area contributed by atoms with E-state index >= 15 is 0 Å². The zero-order valence-corrected chi connectivity index (χ0v) is 20.8. The summed E-state index contributed by atoms with van der Waals surface area (Å²) in [5, 5.41) is 4.26. The van der Waals surface area contributed by atoms with E-state index in [0.717, 1.165) is 17.5 Å². The summed E-state index contributed by atoms with van der Waals surface area (Å²) < 4.78 is 68.5. The minimum atomic E-state index is -4.49. The van der Waals surface area contributed by atoms with Gasteiger partial charge >= 0.3 is 6.18 Å². The third kappa shape index (κ3) is 6.29. The van der Waals surface area contributed by atoms with E-state index in [1.165, 1.54) is 6.20 Å². The Morgan fingerprint density at radius 2 is 1.83 bits per heavy atom. The number of hydrogen-bond acceptors (Lipinski definition) is 8. The molecule has 0 bridgehead atoms. The molecule has 0 saturated heterocycles. The van der Waals surface area contributed by atoms with E-state index in [1.807, 2.05) is 0 Å². The van der Waals surface area contributed by atoms with Gasteiger partial charge in [0.25, 0.3) is 0 Å². The number of anilines is 2. The van der Waals surface area contributed by atoms with Crippen LogP contribution in [0.3, 0.4) is 0 Å². The maximum absolute atomic E-state index is 13.0. The monoisotopic (exact) mass is 541 g/mol. The molecule has 1 saturated carbocycles. The van der Waals surface area contributed by atoms with E-state index in [0.29, 0.717) is 35.5 Å². The molecule has 9 nitrogen and oxygen atoms in total. The molecule has 0 aliphatic heterocycles. The number of halogens is 3. The van der Waals surface area contributed by atoms with Gasteiger partial charge in [0, 0.05) is 16.6 Å². The largest absolute Gasteiger partial charge is 0.467 e. The summed E-state index contributed by atoms with van der Waals surface area (Å²) in [7, 11) is -3.45. The number of benzene rings is 1. The second-order valence-corrected chi connectivity index (χ2v) is 11.5. The van der Waals surface area contributed by atoms with Crippen molar-refractivity contribution in [3.05, 3.63) is 47.7 Å². The van der Waals surface area contributed by atoms with Gasteiger partial charge in [-0.2, -0.15) is 13.2 Å². The lowest BCUT2D eigenvalue weighted by atomic mass is 9.89.